The quantitative estimate of drug-likeness (QED) is 0.103. The molecule has 4 aliphatic heterocycles. The lowest BCUT2D eigenvalue weighted by Gasteiger charge is -2.49. The minimum Gasteiger partial charge on any atom is -0.412 e. The van der Waals surface area contributed by atoms with Crippen molar-refractivity contribution >= 4 is 0 Å². The fraction of sp³-hybridized carbons (Fsp3) is 1.00. The van der Waals surface area contributed by atoms with E-state index in [4.69, 9.17) is 33.2 Å². The highest BCUT2D eigenvalue weighted by Crippen LogP contribution is 2.34. The van der Waals surface area contributed by atoms with Crippen LogP contribution in [0.1, 0.15) is 13.3 Å². The van der Waals surface area contributed by atoms with E-state index in [9.17, 15) is 61.3 Å². The number of ether oxygens (including phenoxy) is 7. The molecule has 19 unspecified atom stereocenters. The van der Waals surface area contributed by atoms with Gasteiger partial charge in [-0.25, -0.2) is 0 Å². The molecule has 0 radical (unpaired) electrons. The minimum atomic E-state index is -1.97. The highest BCUT2D eigenvalue weighted by molar-refractivity contribution is 4.97. The van der Waals surface area contributed by atoms with E-state index < -0.39 is 143 Å². The van der Waals surface area contributed by atoms with E-state index >= 15 is 0 Å². The topological polar surface area (TPSA) is 339 Å². The third kappa shape index (κ3) is 8.09. The summed E-state index contributed by atoms with van der Waals surface area (Å²) in [6, 6.07) is 0. The molecular weight excluding hydrogens is 620 g/mol. The van der Waals surface area contributed by atoms with E-state index in [0.717, 1.165) is 0 Å². The lowest BCUT2D eigenvalue weighted by Crippen LogP contribution is -2.67. The summed E-state index contributed by atoms with van der Waals surface area (Å²) in [5.74, 6) is 0. The van der Waals surface area contributed by atoms with Gasteiger partial charge in [0.1, 0.15) is 79.4 Å². The Kier molecular flexibility index (Phi) is 14.2. The Labute approximate surface area is 256 Å². The molecule has 4 aliphatic rings. The molecule has 0 aromatic heterocycles. The highest BCUT2D eigenvalue weighted by Gasteiger charge is 2.54. The summed E-state index contributed by atoms with van der Waals surface area (Å²) in [6.07, 6.45) is -29.3. The zero-order chi connectivity index (χ0) is 32.5. The first-order chi connectivity index (χ1) is 20.9. The largest absolute Gasteiger partial charge is 0.412 e. The average molecular weight is 667 g/mol. The molecule has 266 valence electrons. The first-order valence-corrected chi connectivity index (χ1v) is 14.3. The SMILES string of the molecule is CC1OC(CO)C(O)CC1OC1OC(CO)C(O)C(O)C1OC1OC(CO)C(O)C(OC2OC(CO)C(O)C(O)C2O)C1O.O. The third-order valence-electron chi connectivity index (χ3n) is 8.38. The zero-order valence-corrected chi connectivity index (χ0v) is 24.2. The molecule has 0 saturated carbocycles. The summed E-state index contributed by atoms with van der Waals surface area (Å²) in [5, 5.41) is 123. The van der Waals surface area contributed by atoms with Crippen molar-refractivity contribution < 1.29 is 99.9 Å². The molecule has 4 fully saturated rings. The third-order valence-corrected chi connectivity index (χ3v) is 8.38. The summed E-state index contributed by atoms with van der Waals surface area (Å²) < 4.78 is 39.3. The van der Waals surface area contributed by atoms with Gasteiger partial charge in [-0.1, -0.05) is 0 Å². The van der Waals surface area contributed by atoms with Crippen LogP contribution in [-0.4, -0.2) is 210 Å². The molecule has 4 rings (SSSR count). The van der Waals surface area contributed by atoms with E-state index in [0.29, 0.717) is 0 Å². The van der Waals surface area contributed by atoms with Crippen molar-refractivity contribution in [3.63, 3.8) is 0 Å². The zero-order valence-electron chi connectivity index (χ0n) is 24.2. The van der Waals surface area contributed by atoms with Crippen molar-refractivity contribution in [3.8, 4) is 0 Å². The molecule has 20 nitrogen and oxygen atoms in total. The van der Waals surface area contributed by atoms with Gasteiger partial charge in [0.05, 0.1) is 44.7 Å². The van der Waals surface area contributed by atoms with Gasteiger partial charge in [0, 0.05) is 6.42 Å². The predicted molar refractivity (Wildman–Crippen MR) is 140 cm³/mol. The second kappa shape index (κ2) is 16.5. The van der Waals surface area contributed by atoms with Crippen LogP contribution in [-0.2, 0) is 33.2 Å². The van der Waals surface area contributed by atoms with Crippen LogP contribution in [0, 0.1) is 0 Å². The van der Waals surface area contributed by atoms with Crippen molar-refractivity contribution in [3.05, 3.63) is 0 Å². The fourth-order valence-corrected chi connectivity index (χ4v) is 5.67. The number of hydrogen-bond donors (Lipinski definition) is 12. The fourth-order valence-electron chi connectivity index (χ4n) is 5.67. The minimum absolute atomic E-state index is 0. The van der Waals surface area contributed by atoms with Gasteiger partial charge in [0.15, 0.2) is 18.9 Å². The Morgan fingerprint density at radius 3 is 1.51 bits per heavy atom. The van der Waals surface area contributed by atoms with Crippen LogP contribution in [0.5, 0.6) is 0 Å². The normalized spacial score (nSPS) is 51.0. The van der Waals surface area contributed by atoms with E-state index in [-0.39, 0.29) is 11.9 Å². The van der Waals surface area contributed by atoms with Gasteiger partial charge in [0.25, 0.3) is 0 Å². The lowest BCUT2D eigenvalue weighted by atomic mass is 9.96. The van der Waals surface area contributed by atoms with Gasteiger partial charge in [-0.05, 0) is 6.92 Å². The van der Waals surface area contributed by atoms with Crippen LogP contribution in [0.25, 0.3) is 0 Å². The number of aliphatic hydroxyl groups is 12. The molecule has 0 aromatic rings. The summed E-state index contributed by atoms with van der Waals surface area (Å²) in [7, 11) is 0. The summed E-state index contributed by atoms with van der Waals surface area (Å²) in [4.78, 5) is 0. The Balaban J connectivity index is 0.00000552. The molecule has 45 heavy (non-hydrogen) atoms. The molecule has 19 atom stereocenters. The lowest BCUT2D eigenvalue weighted by molar-refractivity contribution is -0.390. The Hall–Kier alpha value is -0.800. The van der Waals surface area contributed by atoms with Gasteiger partial charge < -0.3 is 99.9 Å². The first-order valence-electron chi connectivity index (χ1n) is 14.3. The molecule has 4 saturated heterocycles. The van der Waals surface area contributed by atoms with Gasteiger partial charge in [-0.3, -0.25) is 0 Å². The summed E-state index contributed by atoms with van der Waals surface area (Å²) in [6.45, 7) is -1.23. The van der Waals surface area contributed by atoms with Crippen LogP contribution in [0.2, 0.25) is 0 Å². The van der Waals surface area contributed by atoms with E-state index in [1.165, 1.54) is 0 Å². The summed E-state index contributed by atoms with van der Waals surface area (Å²) >= 11 is 0. The molecule has 20 heteroatoms. The standard InChI is InChI=1S/C25H44O19.H2O/c1-7-9(2-8(30)10(3-26)38-7)39-25-22(18(35)15(32)12(5-28)42-25)44-24-20(37)21(16(33)13(6-29)41-24)43-23-19(36)17(34)14(31)11(4-27)40-23;/h7-37H,2-6H2,1H3;1H2. The monoisotopic (exact) mass is 666 g/mol. The molecular formula is C25H46O20. The molecule has 4 heterocycles. The predicted octanol–water partition coefficient (Wildman–Crippen LogP) is -8.47. The maximum Gasteiger partial charge on any atom is 0.187 e. The van der Waals surface area contributed by atoms with Crippen LogP contribution < -0.4 is 0 Å². The summed E-state index contributed by atoms with van der Waals surface area (Å²) in [5.41, 5.74) is 0. The van der Waals surface area contributed by atoms with Crippen LogP contribution in [0.4, 0.5) is 0 Å². The molecule has 0 amide bonds. The van der Waals surface area contributed by atoms with Crippen molar-refractivity contribution in [1.29, 1.82) is 0 Å². The second-order valence-electron chi connectivity index (χ2n) is 11.4. The van der Waals surface area contributed by atoms with Gasteiger partial charge in [-0.15, -0.1) is 0 Å². The average Bonchev–Trinajstić information content (AvgIpc) is 3.01. The smallest absolute Gasteiger partial charge is 0.187 e. The number of rotatable bonds is 10. The van der Waals surface area contributed by atoms with Crippen molar-refractivity contribution in [1.82, 2.24) is 0 Å². The van der Waals surface area contributed by atoms with Crippen LogP contribution >= 0.6 is 0 Å². The Bertz CT molecular complexity index is 886. The van der Waals surface area contributed by atoms with Crippen molar-refractivity contribution in [2.45, 2.75) is 130 Å². The Morgan fingerprint density at radius 2 is 0.956 bits per heavy atom. The van der Waals surface area contributed by atoms with Gasteiger partial charge in [-0.2, -0.15) is 0 Å². The molecule has 0 aromatic carbocycles. The van der Waals surface area contributed by atoms with Crippen molar-refractivity contribution in [2.75, 3.05) is 26.4 Å². The molecule has 0 bridgehead atoms. The molecule has 14 N–H and O–H groups in total. The van der Waals surface area contributed by atoms with Crippen LogP contribution in [0.15, 0.2) is 0 Å². The van der Waals surface area contributed by atoms with Crippen LogP contribution in [0.3, 0.4) is 0 Å². The van der Waals surface area contributed by atoms with E-state index in [1.54, 1.807) is 6.92 Å². The maximum atomic E-state index is 11.1. The van der Waals surface area contributed by atoms with Crippen molar-refractivity contribution in [2.24, 2.45) is 0 Å². The molecule has 0 spiro atoms. The number of hydrogen-bond acceptors (Lipinski definition) is 19. The van der Waals surface area contributed by atoms with Gasteiger partial charge >= 0.3 is 0 Å². The maximum absolute atomic E-state index is 11.1. The first kappa shape index (κ1) is 38.6. The second-order valence-corrected chi connectivity index (χ2v) is 11.4. The molecule has 0 aliphatic carbocycles. The highest BCUT2D eigenvalue weighted by atomic mass is 16.8. The van der Waals surface area contributed by atoms with Gasteiger partial charge in [0.2, 0.25) is 0 Å². The Morgan fingerprint density at radius 1 is 0.489 bits per heavy atom. The number of aliphatic hydroxyl groups excluding tert-OH is 12. The van der Waals surface area contributed by atoms with E-state index in [2.05, 4.69) is 0 Å². The van der Waals surface area contributed by atoms with E-state index in [1.807, 2.05) is 0 Å².